The van der Waals surface area contributed by atoms with Gasteiger partial charge in [0, 0.05) is 43.3 Å². The van der Waals surface area contributed by atoms with E-state index in [1.807, 2.05) is 24.4 Å². The van der Waals surface area contributed by atoms with Crippen LogP contribution >= 0.6 is 0 Å². The van der Waals surface area contributed by atoms with Crippen molar-refractivity contribution >= 4 is 11.7 Å². The summed E-state index contributed by atoms with van der Waals surface area (Å²) in [6, 6.07) is 5.85. The predicted molar refractivity (Wildman–Crippen MR) is 106 cm³/mol. The van der Waals surface area contributed by atoms with Crippen molar-refractivity contribution in [3.05, 3.63) is 47.4 Å². The molecule has 27 heavy (non-hydrogen) atoms. The van der Waals surface area contributed by atoms with E-state index in [0.717, 1.165) is 60.7 Å². The average molecular weight is 368 g/mol. The average Bonchev–Trinajstić information content (AvgIpc) is 2.72. The van der Waals surface area contributed by atoms with E-state index < -0.39 is 0 Å². The van der Waals surface area contributed by atoms with Crippen LogP contribution in [-0.4, -0.2) is 35.6 Å². The number of amides is 1. The number of ether oxygens (including phenoxy) is 1. The fraction of sp³-hybridized carbons (Fsp3) is 0.476. The topological polar surface area (TPSA) is 67.4 Å². The molecule has 2 heterocycles. The lowest BCUT2D eigenvalue weighted by molar-refractivity contribution is -0.123. The highest BCUT2D eigenvalue weighted by Crippen LogP contribution is 2.27. The molecule has 1 aliphatic carbocycles. The zero-order chi connectivity index (χ0) is 19.1. The van der Waals surface area contributed by atoms with Gasteiger partial charge in [0.15, 0.2) is 6.61 Å². The molecule has 6 heteroatoms. The maximum absolute atomic E-state index is 12.1. The Hall–Kier alpha value is -2.63. The van der Waals surface area contributed by atoms with E-state index in [1.165, 1.54) is 6.42 Å². The Morgan fingerprint density at radius 2 is 1.96 bits per heavy atom. The summed E-state index contributed by atoms with van der Waals surface area (Å²) in [5, 5.41) is 2.89. The van der Waals surface area contributed by atoms with Crippen molar-refractivity contribution in [2.24, 2.45) is 0 Å². The number of carbonyl (C=O) groups excluding carboxylic acids is 1. The second kappa shape index (κ2) is 9.35. The van der Waals surface area contributed by atoms with E-state index >= 15 is 0 Å². The Balaban J connectivity index is 1.49. The summed E-state index contributed by atoms with van der Waals surface area (Å²) in [7, 11) is 0. The third-order valence-corrected chi connectivity index (χ3v) is 4.94. The van der Waals surface area contributed by atoms with E-state index in [-0.39, 0.29) is 12.5 Å². The van der Waals surface area contributed by atoms with Crippen molar-refractivity contribution in [2.45, 2.75) is 46.1 Å². The first-order chi connectivity index (χ1) is 13.2. The molecule has 0 unspecified atom stereocenters. The Labute approximate surface area is 161 Å². The van der Waals surface area contributed by atoms with Gasteiger partial charge in [0.2, 0.25) is 0 Å². The van der Waals surface area contributed by atoms with Crippen molar-refractivity contribution in [1.82, 2.24) is 15.3 Å². The summed E-state index contributed by atoms with van der Waals surface area (Å²) < 4.78 is 5.76. The molecule has 1 N–H and O–H groups in total. The van der Waals surface area contributed by atoms with Crippen LogP contribution in [0, 0.1) is 0 Å². The zero-order valence-electron chi connectivity index (χ0n) is 16.2. The molecule has 0 spiro atoms. The fourth-order valence-corrected chi connectivity index (χ4v) is 3.38. The van der Waals surface area contributed by atoms with Gasteiger partial charge in [-0.15, -0.1) is 0 Å². The normalized spacial score (nSPS) is 13.0. The van der Waals surface area contributed by atoms with Gasteiger partial charge in [0.1, 0.15) is 11.6 Å². The number of rotatable bonds is 8. The summed E-state index contributed by atoms with van der Waals surface area (Å²) in [5.41, 5.74) is 3.24. The smallest absolute Gasteiger partial charge is 0.258 e. The summed E-state index contributed by atoms with van der Waals surface area (Å²) in [6.45, 7) is 6.54. The Kier molecular flexibility index (Phi) is 6.63. The molecule has 6 nitrogen and oxygen atoms in total. The molecule has 0 aromatic carbocycles. The molecule has 0 bridgehead atoms. The number of hydrogen-bond acceptors (Lipinski definition) is 5. The zero-order valence-corrected chi connectivity index (χ0v) is 16.2. The SMILES string of the molecule is CCN(CC)c1ccc(CNC(=O)COc2ccnc3c2CCCC3)cn1. The molecule has 2 aromatic rings. The van der Waals surface area contributed by atoms with Crippen LogP contribution in [0.1, 0.15) is 43.5 Å². The standard InChI is InChI=1S/C21H28N4O2/c1-3-25(4-2)20-10-9-16(13-23-20)14-24-21(26)15-27-19-11-12-22-18-8-6-5-7-17(18)19/h9-13H,3-8,14-15H2,1-2H3,(H,24,26). The molecule has 1 aliphatic rings. The van der Waals surface area contributed by atoms with E-state index in [4.69, 9.17) is 4.74 Å². The minimum Gasteiger partial charge on any atom is -0.483 e. The van der Waals surface area contributed by atoms with Crippen molar-refractivity contribution in [1.29, 1.82) is 0 Å². The van der Waals surface area contributed by atoms with Crippen LogP contribution < -0.4 is 15.0 Å². The minimum atomic E-state index is -0.135. The van der Waals surface area contributed by atoms with Crippen LogP contribution in [0.2, 0.25) is 0 Å². The lowest BCUT2D eigenvalue weighted by Crippen LogP contribution is -2.29. The maximum atomic E-state index is 12.1. The summed E-state index contributed by atoms with van der Waals surface area (Å²) >= 11 is 0. The van der Waals surface area contributed by atoms with Gasteiger partial charge in [0.25, 0.3) is 5.91 Å². The summed E-state index contributed by atoms with van der Waals surface area (Å²) in [5.74, 6) is 1.62. The molecule has 1 amide bonds. The number of aryl methyl sites for hydroxylation is 1. The number of nitrogens with zero attached hydrogens (tertiary/aromatic N) is 3. The van der Waals surface area contributed by atoms with E-state index in [0.29, 0.717) is 6.54 Å². The van der Waals surface area contributed by atoms with Crippen LogP contribution in [-0.2, 0) is 24.2 Å². The van der Waals surface area contributed by atoms with E-state index in [2.05, 4.69) is 34.0 Å². The summed E-state index contributed by atoms with van der Waals surface area (Å²) in [6.07, 6.45) is 7.87. The minimum absolute atomic E-state index is 0.0153. The lowest BCUT2D eigenvalue weighted by atomic mass is 9.95. The molecule has 0 radical (unpaired) electrons. The highest BCUT2D eigenvalue weighted by Gasteiger charge is 2.15. The quantitative estimate of drug-likeness (QED) is 0.776. The van der Waals surface area contributed by atoms with Crippen LogP contribution in [0.25, 0.3) is 0 Å². The summed E-state index contributed by atoms with van der Waals surface area (Å²) in [4.78, 5) is 23.2. The van der Waals surface area contributed by atoms with Gasteiger partial charge < -0.3 is 15.0 Å². The highest BCUT2D eigenvalue weighted by molar-refractivity contribution is 5.77. The molecule has 3 rings (SSSR count). The monoisotopic (exact) mass is 368 g/mol. The van der Waals surface area contributed by atoms with Gasteiger partial charge in [-0.05, 0) is 57.2 Å². The Morgan fingerprint density at radius 3 is 2.70 bits per heavy atom. The molecule has 0 aliphatic heterocycles. The van der Waals surface area contributed by atoms with Gasteiger partial charge >= 0.3 is 0 Å². The van der Waals surface area contributed by atoms with Crippen molar-refractivity contribution in [3.63, 3.8) is 0 Å². The Bertz CT molecular complexity index is 757. The van der Waals surface area contributed by atoms with Crippen molar-refractivity contribution in [2.75, 3.05) is 24.6 Å². The van der Waals surface area contributed by atoms with Crippen molar-refractivity contribution in [3.8, 4) is 5.75 Å². The lowest BCUT2D eigenvalue weighted by Gasteiger charge is -2.19. The number of carbonyl (C=O) groups is 1. The first-order valence-electron chi connectivity index (χ1n) is 9.77. The maximum Gasteiger partial charge on any atom is 0.258 e. The van der Waals surface area contributed by atoms with Gasteiger partial charge in [-0.2, -0.15) is 0 Å². The number of hydrogen-bond donors (Lipinski definition) is 1. The third kappa shape index (κ3) is 4.96. The third-order valence-electron chi connectivity index (χ3n) is 4.94. The second-order valence-electron chi connectivity index (χ2n) is 6.70. The van der Waals surface area contributed by atoms with Crippen LogP contribution in [0.4, 0.5) is 5.82 Å². The van der Waals surface area contributed by atoms with Gasteiger partial charge in [-0.25, -0.2) is 4.98 Å². The van der Waals surface area contributed by atoms with Crippen LogP contribution in [0.15, 0.2) is 30.6 Å². The second-order valence-corrected chi connectivity index (χ2v) is 6.70. The molecule has 0 atom stereocenters. The number of anilines is 1. The van der Waals surface area contributed by atoms with Crippen LogP contribution in [0.3, 0.4) is 0 Å². The van der Waals surface area contributed by atoms with Gasteiger partial charge in [-0.1, -0.05) is 6.07 Å². The number of fused-ring (bicyclic) bond motifs is 1. The number of pyridine rings is 2. The van der Waals surface area contributed by atoms with E-state index in [1.54, 1.807) is 6.20 Å². The fourth-order valence-electron chi connectivity index (χ4n) is 3.38. The molecule has 0 fully saturated rings. The van der Waals surface area contributed by atoms with Gasteiger partial charge in [-0.3, -0.25) is 9.78 Å². The van der Waals surface area contributed by atoms with Crippen LogP contribution in [0.5, 0.6) is 5.75 Å². The molecular weight excluding hydrogens is 340 g/mol. The molecule has 0 saturated heterocycles. The molecule has 144 valence electrons. The highest BCUT2D eigenvalue weighted by atomic mass is 16.5. The predicted octanol–water partition coefficient (Wildman–Crippen LogP) is 2.90. The first-order valence-corrected chi connectivity index (χ1v) is 9.77. The van der Waals surface area contributed by atoms with Crippen molar-refractivity contribution < 1.29 is 9.53 Å². The van der Waals surface area contributed by atoms with E-state index in [9.17, 15) is 4.79 Å². The molecule has 0 saturated carbocycles. The van der Waals surface area contributed by atoms with Gasteiger partial charge in [0.05, 0.1) is 0 Å². The number of nitrogens with one attached hydrogen (secondary N) is 1. The number of aromatic nitrogens is 2. The Morgan fingerprint density at radius 1 is 1.15 bits per heavy atom. The molecular formula is C21H28N4O2. The molecule has 2 aromatic heterocycles. The first kappa shape index (κ1) is 19.1. The largest absolute Gasteiger partial charge is 0.483 e.